The number of nitriles is 1. The summed E-state index contributed by atoms with van der Waals surface area (Å²) < 4.78 is 0. The van der Waals surface area contributed by atoms with E-state index in [1.807, 2.05) is 0 Å². The van der Waals surface area contributed by atoms with Gasteiger partial charge in [-0.25, -0.2) is 0 Å². The molecule has 3 nitrogen and oxygen atoms in total. The van der Waals surface area contributed by atoms with Gasteiger partial charge in [0, 0.05) is 12.6 Å². The third-order valence-electron chi connectivity index (χ3n) is 4.00. The molecule has 1 saturated carbocycles. The van der Waals surface area contributed by atoms with Crippen LogP contribution in [0.25, 0.3) is 0 Å². The number of nitrogens with one attached hydrogen (secondary N) is 1. The van der Waals surface area contributed by atoms with E-state index in [1.54, 1.807) is 0 Å². The normalized spacial score (nSPS) is 26.9. The van der Waals surface area contributed by atoms with Crippen LogP contribution in [0.4, 0.5) is 0 Å². The Bertz CT molecular complexity index is 244. The first-order valence-corrected chi connectivity index (χ1v) is 6.07. The number of rotatable bonds is 3. The second-order valence-corrected chi connectivity index (χ2v) is 5.20. The van der Waals surface area contributed by atoms with Gasteiger partial charge in [-0.2, -0.15) is 5.26 Å². The zero-order valence-corrected chi connectivity index (χ0v) is 9.63. The molecule has 1 N–H and O–H groups in total. The Morgan fingerprint density at radius 2 is 2.07 bits per heavy atom. The first-order valence-electron chi connectivity index (χ1n) is 6.07. The Morgan fingerprint density at radius 3 is 2.53 bits per heavy atom. The Hall–Kier alpha value is -0.590. The number of nitrogens with zero attached hydrogens (tertiary/aromatic N) is 2. The van der Waals surface area contributed by atoms with E-state index in [1.165, 1.54) is 32.4 Å². The molecule has 1 heterocycles. The van der Waals surface area contributed by atoms with Crippen LogP contribution in [0.1, 0.15) is 32.1 Å². The van der Waals surface area contributed by atoms with Gasteiger partial charge in [0.05, 0.1) is 11.5 Å². The van der Waals surface area contributed by atoms with E-state index in [2.05, 4.69) is 23.3 Å². The lowest BCUT2D eigenvalue weighted by atomic mass is 9.70. The summed E-state index contributed by atoms with van der Waals surface area (Å²) in [5.74, 6) is 0. The van der Waals surface area contributed by atoms with Crippen molar-refractivity contribution < 1.29 is 0 Å². The van der Waals surface area contributed by atoms with E-state index in [0.717, 1.165) is 19.4 Å². The third kappa shape index (κ3) is 2.50. The first kappa shape index (κ1) is 10.9. The van der Waals surface area contributed by atoms with Crippen LogP contribution in [0.15, 0.2) is 0 Å². The van der Waals surface area contributed by atoms with Crippen molar-refractivity contribution in [3.05, 3.63) is 0 Å². The minimum Gasteiger partial charge on any atom is -0.312 e. The van der Waals surface area contributed by atoms with Crippen molar-refractivity contribution in [2.45, 2.75) is 38.1 Å². The van der Waals surface area contributed by atoms with Crippen molar-refractivity contribution >= 4 is 0 Å². The van der Waals surface area contributed by atoms with Gasteiger partial charge in [0.1, 0.15) is 0 Å². The highest BCUT2D eigenvalue weighted by Gasteiger charge is 2.37. The number of piperidine rings is 1. The van der Waals surface area contributed by atoms with Gasteiger partial charge < -0.3 is 10.2 Å². The number of hydrogen-bond acceptors (Lipinski definition) is 3. The van der Waals surface area contributed by atoms with Crippen molar-refractivity contribution in [1.29, 1.82) is 5.26 Å². The molecule has 0 unspecified atom stereocenters. The Kier molecular flexibility index (Phi) is 3.28. The lowest BCUT2D eigenvalue weighted by Crippen LogP contribution is -2.46. The molecular formula is C12H21N3. The minimum absolute atomic E-state index is 0.0106. The van der Waals surface area contributed by atoms with E-state index in [4.69, 9.17) is 5.26 Å². The molecule has 0 aromatic rings. The van der Waals surface area contributed by atoms with Crippen LogP contribution in [0.3, 0.4) is 0 Å². The average molecular weight is 207 g/mol. The summed E-state index contributed by atoms with van der Waals surface area (Å²) in [7, 11) is 2.18. The van der Waals surface area contributed by atoms with Gasteiger partial charge in [0.15, 0.2) is 0 Å². The maximum Gasteiger partial charge on any atom is 0.0703 e. The van der Waals surface area contributed by atoms with E-state index >= 15 is 0 Å². The second-order valence-electron chi connectivity index (χ2n) is 5.20. The molecule has 84 valence electrons. The van der Waals surface area contributed by atoms with Crippen LogP contribution in [-0.2, 0) is 0 Å². The van der Waals surface area contributed by atoms with Crippen LogP contribution in [0.5, 0.6) is 0 Å². The molecule has 0 bridgehead atoms. The van der Waals surface area contributed by atoms with Gasteiger partial charge in [-0.05, 0) is 45.8 Å². The Morgan fingerprint density at radius 1 is 1.40 bits per heavy atom. The van der Waals surface area contributed by atoms with Gasteiger partial charge in [0.25, 0.3) is 0 Å². The van der Waals surface area contributed by atoms with Crippen LogP contribution >= 0.6 is 0 Å². The average Bonchev–Trinajstić information content (AvgIpc) is 2.20. The predicted octanol–water partition coefficient (Wildman–Crippen LogP) is 1.36. The maximum absolute atomic E-state index is 9.11. The molecule has 15 heavy (non-hydrogen) atoms. The molecule has 1 aliphatic carbocycles. The number of likely N-dealkylation sites (tertiary alicyclic amines) is 1. The highest BCUT2D eigenvalue weighted by Crippen LogP contribution is 2.39. The van der Waals surface area contributed by atoms with Gasteiger partial charge in [-0.15, -0.1) is 0 Å². The summed E-state index contributed by atoms with van der Waals surface area (Å²) in [5.41, 5.74) is -0.0106. The molecule has 2 aliphatic rings. The Balaban J connectivity index is 1.72. The van der Waals surface area contributed by atoms with Crippen molar-refractivity contribution in [3.63, 3.8) is 0 Å². The third-order valence-corrected chi connectivity index (χ3v) is 4.00. The van der Waals surface area contributed by atoms with Crippen LogP contribution in [-0.4, -0.2) is 37.6 Å². The molecular weight excluding hydrogens is 186 g/mol. The summed E-state index contributed by atoms with van der Waals surface area (Å²) in [6.45, 7) is 3.30. The molecule has 2 rings (SSSR count). The lowest BCUT2D eigenvalue weighted by molar-refractivity contribution is 0.176. The molecule has 0 aromatic carbocycles. The van der Waals surface area contributed by atoms with Crippen molar-refractivity contribution in [3.8, 4) is 6.07 Å². The predicted molar refractivity (Wildman–Crippen MR) is 60.4 cm³/mol. The van der Waals surface area contributed by atoms with Gasteiger partial charge in [0.2, 0.25) is 0 Å². The monoisotopic (exact) mass is 207 g/mol. The molecule has 2 fully saturated rings. The molecule has 3 heteroatoms. The summed E-state index contributed by atoms with van der Waals surface area (Å²) >= 11 is 0. The fourth-order valence-corrected chi connectivity index (χ4v) is 2.48. The van der Waals surface area contributed by atoms with E-state index in [0.29, 0.717) is 6.04 Å². The van der Waals surface area contributed by atoms with Crippen LogP contribution < -0.4 is 5.32 Å². The first-order chi connectivity index (χ1) is 7.24. The summed E-state index contributed by atoms with van der Waals surface area (Å²) in [5, 5.41) is 12.7. The Labute approximate surface area is 92.4 Å². The van der Waals surface area contributed by atoms with E-state index in [-0.39, 0.29) is 5.41 Å². The molecule has 1 aliphatic heterocycles. The lowest BCUT2D eigenvalue weighted by Gasteiger charge is -2.38. The van der Waals surface area contributed by atoms with Gasteiger partial charge >= 0.3 is 0 Å². The second kappa shape index (κ2) is 4.51. The molecule has 0 aromatic heterocycles. The van der Waals surface area contributed by atoms with Crippen molar-refractivity contribution in [1.82, 2.24) is 10.2 Å². The molecule has 0 amide bonds. The van der Waals surface area contributed by atoms with Crippen molar-refractivity contribution in [2.75, 3.05) is 26.7 Å². The fourth-order valence-electron chi connectivity index (χ4n) is 2.48. The highest BCUT2D eigenvalue weighted by molar-refractivity contribution is 5.06. The van der Waals surface area contributed by atoms with Crippen LogP contribution in [0.2, 0.25) is 0 Å². The summed E-state index contributed by atoms with van der Waals surface area (Å²) in [6, 6.07) is 3.14. The SMILES string of the molecule is CN1CCC(NCC2(C#N)CCC2)CC1. The smallest absolute Gasteiger partial charge is 0.0703 e. The maximum atomic E-state index is 9.11. The molecule has 0 radical (unpaired) electrons. The zero-order valence-electron chi connectivity index (χ0n) is 9.63. The van der Waals surface area contributed by atoms with Crippen molar-refractivity contribution in [2.24, 2.45) is 5.41 Å². The van der Waals surface area contributed by atoms with E-state index < -0.39 is 0 Å². The van der Waals surface area contributed by atoms with Crippen LogP contribution in [0, 0.1) is 16.7 Å². The summed E-state index contributed by atoms with van der Waals surface area (Å²) in [4.78, 5) is 2.38. The molecule has 1 saturated heterocycles. The largest absolute Gasteiger partial charge is 0.312 e. The summed E-state index contributed by atoms with van der Waals surface area (Å²) in [6.07, 6.45) is 5.91. The fraction of sp³-hybridized carbons (Fsp3) is 0.917. The topological polar surface area (TPSA) is 39.1 Å². The minimum atomic E-state index is -0.0106. The molecule has 0 spiro atoms. The molecule has 0 atom stereocenters. The van der Waals surface area contributed by atoms with E-state index in [9.17, 15) is 0 Å². The highest BCUT2D eigenvalue weighted by atomic mass is 15.1. The quantitative estimate of drug-likeness (QED) is 0.759. The van der Waals surface area contributed by atoms with Gasteiger partial charge in [-0.3, -0.25) is 0 Å². The standard InChI is InChI=1S/C12H21N3/c1-15-7-3-11(4-8-15)14-10-12(9-13)5-2-6-12/h11,14H,2-8,10H2,1H3. The number of hydrogen-bond donors (Lipinski definition) is 1. The van der Waals surface area contributed by atoms with Gasteiger partial charge in [-0.1, -0.05) is 6.42 Å². The zero-order chi connectivity index (χ0) is 10.7.